The minimum Gasteiger partial charge on any atom is -0.333 e. The van der Waals surface area contributed by atoms with Crippen LogP contribution in [0.15, 0.2) is 53.0 Å². The van der Waals surface area contributed by atoms with Gasteiger partial charge < -0.3 is 9.47 Å². The number of benzene rings is 1. The Bertz CT molecular complexity index is 898. The van der Waals surface area contributed by atoms with Crippen molar-refractivity contribution in [2.45, 2.75) is 51.5 Å². The van der Waals surface area contributed by atoms with E-state index in [1.54, 1.807) is 11.3 Å². The third kappa shape index (κ3) is 4.83. The normalized spacial score (nSPS) is 11.6. The molecule has 0 N–H and O–H groups in total. The summed E-state index contributed by atoms with van der Waals surface area (Å²) >= 11 is 3.10. The van der Waals surface area contributed by atoms with Crippen LogP contribution >= 0.6 is 23.1 Å². The Balaban J connectivity index is 1.73. The summed E-state index contributed by atoms with van der Waals surface area (Å²) in [6.07, 6.45) is 0. The van der Waals surface area contributed by atoms with Crippen molar-refractivity contribution in [2.24, 2.45) is 0 Å². The molecule has 148 valence electrons. The molecule has 0 radical (unpaired) electrons. The van der Waals surface area contributed by atoms with Crippen LogP contribution in [0.1, 0.15) is 33.3 Å². The minimum absolute atomic E-state index is 0.102. The van der Waals surface area contributed by atoms with E-state index in [-0.39, 0.29) is 11.4 Å². The van der Waals surface area contributed by atoms with Gasteiger partial charge in [0.05, 0.1) is 10.6 Å². The van der Waals surface area contributed by atoms with Crippen molar-refractivity contribution in [1.82, 2.24) is 19.7 Å². The van der Waals surface area contributed by atoms with Crippen molar-refractivity contribution in [1.29, 1.82) is 0 Å². The number of hydrogen-bond donors (Lipinski definition) is 0. The summed E-state index contributed by atoms with van der Waals surface area (Å²) in [6.45, 7) is 9.66. The van der Waals surface area contributed by atoms with E-state index in [0.29, 0.717) is 12.3 Å². The number of rotatable bonds is 7. The number of thiophene rings is 1. The molecule has 3 aromatic rings. The van der Waals surface area contributed by atoms with Gasteiger partial charge in [-0.05, 0) is 44.7 Å². The highest BCUT2D eigenvalue weighted by Gasteiger charge is 2.27. The zero-order valence-electron chi connectivity index (χ0n) is 16.8. The Morgan fingerprint density at radius 2 is 1.89 bits per heavy atom. The van der Waals surface area contributed by atoms with Gasteiger partial charge in [0.15, 0.2) is 11.0 Å². The maximum Gasteiger partial charge on any atom is 0.233 e. The van der Waals surface area contributed by atoms with Gasteiger partial charge in [-0.1, -0.05) is 48.2 Å². The SMILES string of the molecule is CCn1c(SCC(=O)N(Cc2ccccc2)C(C)(C)C)nnc1-c1cccs1. The molecule has 2 heterocycles. The van der Waals surface area contributed by atoms with Gasteiger partial charge in [-0.2, -0.15) is 0 Å². The summed E-state index contributed by atoms with van der Waals surface area (Å²) in [6, 6.07) is 14.2. The molecule has 0 saturated heterocycles. The van der Waals surface area contributed by atoms with Crippen LogP contribution in [0.4, 0.5) is 0 Å². The van der Waals surface area contributed by atoms with Gasteiger partial charge in [0.1, 0.15) is 0 Å². The lowest BCUT2D eigenvalue weighted by Crippen LogP contribution is -2.45. The van der Waals surface area contributed by atoms with Crippen molar-refractivity contribution in [2.75, 3.05) is 5.75 Å². The lowest BCUT2D eigenvalue weighted by molar-refractivity contribution is -0.133. The zero-order chi connectivity index (χ0) is 20.1. The number of amides is 1. The van der Waals surface area contributed by atoms with E-state index >= 15 is 0 Å². The highest BCUT2D eigenvalue weighted by atomic mass is 32.2. The molecular formula is C21H26N4OS2. The standard InChI is InChI=1S/C21H26N4OS2/c1-5-24-19(17-12-9-13-27-17)22-23-20(24)28-15-18(26)25(21(2,3)4)14-16-10-7-6-8-11-16/h6-13H,5,14-15H2,1-4H3. The third-order valence-corrected chi connectivity index (χ3v) is 6.21. The molecule has 0 spiro atoms. The van der Waals surface area contributed by atoms with Crippen LogP contribution in [-0.2, 0) is 17.9 Å². The Morgan fingerprint density at radius 3 is 2.50 bits per heavy atom. The lowest BCUT2D eigenvalue weighted by Gasteiger charge is -2.36. The van der Waals surface area contributed by atoms with Gasteiger partial charge >= 0.3 is 0 Å². The van der Waals surface area contributed by atoms with E-state index in [1.165, 1.54) is 11.8 Å². The van der Waals surface area contributed by atoms with Gasteiger partial charge in [0.25, 0.3) is 0 Å². The molecule has 3 rings (SSSR count). The van der Waals surface area contributed by atoms with Crippen LogP contribution in [0.3, 0.4) is 0 Å². The van der Waals surface area contributed by atoms with Crippen LogP contribution in [-0.4, -0.2) is 36.9 Å². The molecule has 0 aliphatic rings. The summed E-state index contributed by atoms with van der Waals surface area (Å²) in [5, 5.41) is 11.5. The fourth-order valence-electron chi connectivity index (χ4n) is 2.94. The van der Waals surface area contributed by atoms with Crippen molar-refractivity contribution < 1.29 is 4.79 Å². The molecule has 0 atom stereocenters. The molecule has 0 aliphatic heterocycles. The predicted molar refractivity (Wildman–Crippen MR) is 116 cm³/mol. The van der Waals surface area contributed by atoms with Gasteiger partial charge in [0, 0.05) is 18.6 Å². The molecule has 28 heavy (non-hydrogen) atoms. The largest absolute Gasteiger partial charge is 0.333 e. The number of nitrogens with zero attached hydrogens (tertiary/aromatic N) is 4. The van der Waals surface area contributed by atoms with E-state index < -0.39 is 0 Å². The minimum atomic E-state index is -0.256. The summed E-state index contributed by atoms with van der Waals surface area (Å²) < 4.78 is 2.07. The summed E-state index contributed by atoms with van der Waals surface area (Å²) in [5.74, 6) is 1.31. The average Bonchev–Trinajstić information content (AvgIpc) is 3.33. The van der Waals surface area contributed by atoms with Crippen molar-refractivity contribution >= 4 is 29.0 Å². The molecule has 7 heteroatoms. The first-order chi connectivity index (χ1) is 13.4. The van der Waals surface area contributed by atoms with Crippen LogP contribution in [0, 0.1) is 0 Å². The molecule has 5 nitrogen and oxygen atoms in total. The monoisotopic (exact) mass is 414 g/mol. The van der Waals surface area contributed by atoms with Gasteiger partial charge in [-0.25, -0.2) is 0 Å². The van der Waals surface area contributed by atoms with Gasteiger partial charge in [-0.15, -0.1) is 21.5 Å². The lowest BCUT2D eigenvalue weighted by atomic mass is 10.0. The molecule has 1 amide bonds. The molecule has 1 aromatic carbocycles. The Labute approximate surface area is 174 Å². The fraction of sp³-hybridized carbons (Fsp3) is 0.381. The van der Waals surface area contributed by atoms with Gasteiger partial charge in [0.2, 0.25) is 5.91 Å². The predicted octanol–water partition coefficient (Wildman–Crippen LogP) is 4.95. The zero-order valence-corrected chi connectivity index (χ0v) is 18.4. The molecule has 0 bridgehead atoms. The summed E-state index contributed by atoms with van der Waals surface area (Å²) in [4.78, 5) is 16.1. The number of hydrogen-bond acceptors (Lipinski definition) is 5. The van der Waals surface area contributed by atoms with Crippen molar-refractivity contribution in [3.63, 3.8) is 0 Å². The van der Waals surface area contributed by atoms with Crippen molar-refractivity contribution in [3.05, 3.63) is 53.4 Å². The van der Waals surface area contributed by atoms with Crippen LogP contribution in [0.2, 0.25) is 0 Å². The van der Waals surface area contributed by atoms with Gasteiger partial charge in [-0.3, -0.25) is 4.79 Å². The first kappa shape index (κ1) is 20.6. The molecule has 0 unspecified atom stereocenters. The van der Waals surface area contributed by atoms with E-state index in [4.69, 9.17) is 0 Å². The first-order valence-corrected chi connectivity index (χ1v) is 11.2. The number of carbonyl (C=O) groups excluding carboxylic acids is 1. The smallest absolute Gasteiger partial charge is 0.233 e. The quantitative estimate of drug-likeness (QED) is 0.514. The van der Waals surface area contributed by atoms with E-state index in [1.807, 2.05) is 40.6 Å². The first-order valence-electron chi connectivity index (χ1n) is 9.34. The Hall–Kier alpha value is -2.12. The van der Waals surface area contributed by atoms with Crippen LogP contribution in [0.5, 0.6) is 0 Å². The Kier molecular flexibility index (Phi) is 6.57. The van der Waals surface area contributed by atoms with Crippen LogP contribution in [0.25, 0.3) is 10.7 Å². The second-order valence-electron chi connectivity index (χ2n) is 7.45. The fourth-order valence-corrected chi connectivity index (χ4v) is 4.53. The topological polar surface area (TPSA) is 51.0 Å². The second kappa shape index (κ2) is 8.92. The highest BCUT2D eigenvalue weighted by molar-refractivity contribution is 7.99. The number of thioether (sulfide) groups is 1. The van der Waals surface area contributed by atoms with E-state index in [9.17, 15) is 4.79 Å². The van der Waals surface area contributed by atoms with Crippen LogP contribution < -0.4 is 0 Å². The maximum absolute atomic E-state index is 13.1. The molecule has 0 saturated carbocycles. The average molecular weight is 415 g/mol. The van der Waals surface area contributed by atoms with Crippen molar-refractivity contribution in [3.8, 4) is 10.7 Å². The Morgan fingerprint density at radius 1 is 1.14 bits per heavy atom. The van der Waals surface area contributed by atoms with E-state index in [2.05, 4.69) is 54.6 Å². The number of aromatic nitrogens is 3. The summed E-state index contributed by atoms with van der Waals surface area (Å²) in [5.41, 5.74) is 0.876. The highest BCUT2D eigenvalue weighted by Crippen LogP contribution is 2.28. The second-order valence-corrected chi connectivity index (χ2v) is 9.34. The summed E-state index contributed by atoms with van der Waals surface area (Å²) in [7, 11) is 0. The molecular weight excluding hydrogens is 388 g/mol. The number of carbonyl (C=O) groups is 1. The molecule has 0 aliphatic carbocycles. The molecule has 2 aromatic heterocycles. The molecule has 0 fully saturated rings. The van der Waals surface area contributed by atoms with E-state index in [0.717, 1.165) is 28.0 Å². The maximum atomic E-state index is 13.1. The third-order valence-electron chi connectivity index (χ3n) is 4.39.